The van der Waals surface area contributed by atoms with Crippen molar-refractivity contribution in [3.63, 3.8) is 0 Å². The van der Waals surface area contributed by atoms with Gasteiger partial charge in [-0.25, -0.2) is 0 Å². The molecule has 0 rings (SSSR count). The molecule has 0 saturated heterocycles. The Morgan fingerprint density at radius 2 is 0.694 bits per heavy atom. The number of aliphatic hydroxyl groups is 2. The number of hydrogen-bond acceptors (Lipinski definition) is 5. The van der Waals surface area contributed by atoms with E-state index in [1.54, 1.807) is 6.08 Å². The van der Waals surface area contributed by atoms with Crippen LogP contribution < -0.4 is 5.32 Å². The molecule has 424 valence electrons. The fraction of sp³-hybridized carbons (Fsp3) is 0.879. The van der Waals surface area contributed by atoms with Crippen LogP contribution in [0.1, 0.15) is 348 Å². The van der Waals surface area contributed by atoms with Gasteiger partial charge in [-0.1, -0.05) is 307 Å². The summed E-state index contributed by atoms with van der Waals surface area (Å²) >= 11 is 0. The van der Waals surface area contributed by atoms with E-state index in [2.05, 4.69) is 43.5 Å². The van der Waals surface area contributed by atoms with Gasteiger partial charge in [-0.05, 0) is 64.2 Å². The number of aliphatic hydroxyl groups excluding tert-OH is 2. The first-order chi connectivity index (χ1) is 35.5. The minimum Gasteiger partial charge on any atom is -0.466 e. The summed E-state index contributed by atoms with van der Waals surface area (Å²) in [6.45, 7) is 4.88. The quantitative estimate of drug-likeness (QED) is 0.0320. The zero-order valence-corrected chi connectivity index (χ0v) is 48.4. The lowest BCUT2D eigenvalue weighted by atomic mass is 10.0. The highest BCUT2D eigenvalue weighted by atomic mass is 16.5. The standard InChI is InChI=1S/C66H125NO5/c1-3-5-7-9-11-13-15-16-17-18-31-34-37-40-44-48-52-56-60-66(71)72-61-57-53-49-45-41-38-35-32-29-27-25-23-21-19-20-22-24-26-28-30-33-36-39-43-47-51-55-59-65(70)67-63(62-68)64(69)58-54-50-46-42-14-12-10-8-6-4-2/h13,15,17-18,54,58,63-64,68-69H,3-12,14,16,19-53,55-57,59-62H2,1-2H3,(H,67,70)/b15-13-,18-17-,58-54+. The van der Waals surface area contributed by atoms with Gasteiger partial charge in [0.05, 0.1) is 25.4 Å². The van der Waals surface area contributed by atoms with Crippen LogP contribution in [0.2, 0.25) is 0 Å². The number of carbonyl (C=O) groups is 2. The molecule has 0 aliphatic carbocycles. The molecule has 0 radical (unpaired) electrons. The third kappa shape index (κ3) is 57.4. The number of unbranched alkanes of at least 4 members (excludes halogenated alkanes) is 45. The highest BCUT2D eigenvalue weighted by Crippen LogP contribution is 2.18. The van der Waals surface area contributed by atoms with Crippen LogP contribution >= 0.6 is 0 Å². The summed E-state index contributed by atoms with van der Waals surface area (Å²) in [7, 11) is 0. The molecule has 6 nitrogen and oxygen atoms in total. The second-order valence-electron chi connectivity index (χ2n) is 22.1. The van der Waals surface area contributed by atoms with Gasteiger partial charge in [0.1, 0.15) is 0 Å². The molecule has 72 heavy (non-hydrogen) atoms. The Kier molecular flexibility index (Phi) is 60.0. The highest BCUT2D eigenvalue weighted by molar-refractivity contribution is 5.76. The Balaban J connectivity index is 3.33. The van der Waals surface area contributed by atoms with Crippen LogP contribution in [-0.4, -0.2) is 47.4 Å². The summed E-state index contributed by atoms with van der Waals surface area (Å²) < 4.78 is 5.50. The first-order valence-electron chi connectivity index (χ1n) is 32.3. The summed E-state index contributed by atoms with van der Waals surface area (Å²) in [5.41, 5.74) is 0. The van der Waals surface area contributed by atoms with E-state index in [1.165, 1.54) is 270 Å². The normalized spacial score (nSPS) is 12.8. The fourth-order valence-corrected chi connectivity index (χ4v) is 9.96. The van der Waals surface area contributed by atoms with Crippen molar-refractivity contribution in [3.8, 4) is 0 Å². The largest absolute Gasteiger partial charge is 0.466 e. The van der Waals surface area contributed by atoms with E-state index in [9.17, 15) is 19.8 Å². The van der Waals surface area contributed by atoms with Crippen LogP contribution in [0.5, 0.6) is 0 Å². The van der Waals surface area contributed by atoms with Gasteiger partial charge >= 0.3 is 5.97 Å². The topological polar surface area (TPSA) is 95.9 Å². The predicted molar refractivity (Wildman–Crippen MR) is 315 cm³/mol. The van der Waals surface area contributed by atoms with Crippen molar-refractivity contribution < 1.29 is 24.5 Å². The van der Waals surface area contributed by atoms with E-state index in [0.29, 0.717) is 19.4 Å². The maximum atomic E-state index is 12.4. The van der Waals surface area contributed by atoms with E-state index in [4.69, 9.17) is 4.74 Å². The zero-order valence-electron chi connectivity index (χ0n) is 48.4. The molecular weight excluding hydrogens is 887 g/mol. The maximum absolute atomic E-state index is 12.4. The van der Waals surface area contributed by atoms with Crippen molar-refractivity contribution >= 4 is 11.9 Å². The van der Waals surface area contributed by atoms with Crippen molar-refractivity contribution in [2.45, 2.75) is 360 Å². The van der Waals surface area contributed by atoms with Crippen LogP contribution in [0.4, 0.5) is 0 Å². The van der Waals surface area contributed by atoms with Crippen LogP contribution in [0.3, 0.4) is 0 Å². The van der Waals surface area contributed by atoms with Gasteiger partial charge in [0.2, 0.25) is 5.91 Å². The fourth-order valence-electron chi connectivity index (χ4n) is 9.96. The molecule has 0 heterocycles. The van der Waals surface area contributed by atoms with E-state index < -0.39 is 12.1 Å². The summed E-state index contributed by atoms with van der Waals surface area (Å²) in [4.78, 5) is 24.5. The minimum absolute atomic E-state index is 0.0103. The number of ether oxygens (including phenoxy) is 1. The zero-order chi connectivity index (χ0) is 52.2. The molecule has 0 spiro atoms. The molecule has 6 heteroatoms. The first-order valence-corrected chi connectivity index (χ1v) is 32.3. The lowest BCUT2D eigenvalue weighted by Gasteiger charge is -2.20. The Morgan fingerprint density at radius 1 is 0.389 bits per heavy atom. The summed E-state index contributed by atoms with van der Waals surface area (Å²) in [6, 6.07) is -0.624. The van der Waals surface area contributed by atoms with E-state index in [0.717, 1.165) is 51.4 Å². The monoisotopic (exact) mass is 1010 g/mol. The Labute approximate surface area is 449 Å². The smallest absolute Gasteiger partial charge is 0.305 e. The van der Waals surface area contributed by atoms with E-state index in [1.807, 2.05) is 6.08 Å². The second-order valence-corrected chi connectivity index (χ2v) is 22.1. The highest BCUT2D eigenvalue weighted by Gasteiger charge is 2.18. The molecule has 0 aromatic heterocycles. The van der Waals surface area contributed by atoms with Crippen LogP contribution in [-0.2, 0) is 14.3 Å². The van der Waals surface area contributed by atoms with Gasteiger partial charge < -0.3 is 20.3 Å². The lowest BCUT2D eigenvalue weighted by Crippen LogP contribution is -2.45. The molecule has 0 aliphatic heterocycles. The van der Waals surface area contributed by atoms with E-state index >= 15 is 0 Å². The molecule has 2 atom stereocenters. The van der Waals surface area contributed by atoms with Gasteiger partial charge in [-0.3, -0.25) is 9.59 Å². The molecule has 0 aromatic carbocycles. The molecule has 2 unspecified atom stereocenters. The van der Waals surface area contributed by atoms with Crippen LogP contribution in [0.15, 0.2) is 36.5 Å². The molecular formula is C66H125NO5. The van der Waals surface area contributed by atoms with Gasteiger partial charge in [0.15, 0.2) is 0 Å². The molecule has 1 amide bonds. The number of carbonyl (C=O) groups excluding carboxylic acids is 2. The van der Waals surface area contributed by atoms with E-state index in [-0.39, 0.29) is 18.5 Å². The van der Waals surface area contributed by atoms with Crippen molar-refractivity contribution in [2.24, 2.45) is 0 Å². The Morgan fingerprint density at radius 3 is 1.07 bits per heavy atom. The summed E-state index contributed by atoms with van der Waals surface area (Å²) in [5.74, 6) is -0.0562. The number of nitrogens with one attached hydrogen (secondary N) is 1. The Hall–Kier alpha value is -1.92. The van der Waals surface area contributed by atoms with Gasteiger partial charge in [-0.15, -0.1) is 0 Å². The van der Waals surface area contributed by atoms with Gasteiger partial charge in [0.25, 0.3) is 0 Å². The summed E-state index contributed by atoms with van der Waals surface area (Å²) in [5, 5.41) is 23.0. The minimum atomic E-state index is -0.841. The molecule has 0 aliphatic rings. The SMILES string of the molecule is CCCCCC/C=C\C/C=C\CCCCCCCCCC(=O)OCCCCCCCCCCCCCCCCCCCCCCCCCCCCCC(=O)NC(CO)C(O)/C=C/CCCCCCCCCC. The molecule has 0 saturated carbocycles. The Bertz CT molecular complexity index is 1170. The van der Waals surface area contributed by atoms with Gasteiger partial charge in [0, 0.05) is 12.8 Å². The molecule has 0 fully saturated rings. The maximum Gasteiger partial charge on any atom is 0.305 e. The number of hydrogen-bond donors (Lipinski definition) is 3. The third-order valence-corrected chi connectivity index (χ3v) is 14.9. The van der Waals surface area contributed by atoms with Crippen molar-refractivity contribution in [1.82, 2.24) is 5.32 Å². The summed E-state index contributed by atoms with van der Waals surface area (Å²) in [6.07, 6.45) is 77.8. The average Bonchev–Trinajstić information content (AvgIpc) is 3.38. The van der Waals surface area contributed by atoms with Crippen LogP contribution in [0, 0.1) is 0 Å². The van der Waals surface area contributed by atoms with Crippen molar-refractivity contribution in [3.05, 3.63) is 36.5 Å². The molecule has 3 N–H and O–H groups in total. The lowest BCUT2D eigenvalue weighted by molar-refractivity contribution is -0.143. The number of allylic oxidation sites excluding steroid dienone is 5. The molecule has 0 bridgehead atoms. The number of rotatable bonds is 60. The molecule has 0 aromatic rings. The van der Waals surface area contributed by atoms with Crippen molar-refractivity contribution in [2.75, 3.05) is 13.2 Å². The first kappa shape index (κ1) is 70.1. The average molecular weight is 1010 g/mol. The number of esters is 1. The second kappa shape index (κ2) is 61.6. The van der Waals surface area contributed by atoms with Crippen LogP contribution in [0.25, 0.3) is 0 Å². The number of amides is 1. The van der Waals surface area contributed by atoms with Gasteiger partial charge in [-0.2, -0.15) is 0 Å². The van der Waals surface area contributed by atoms with Crippen molar-refractivity contribution in [1.29, 1.82) is 0 Å². The third-order valence-electron chi connectivity index (χ3n) is 14.9. The predicted octanol–water partition coefficient (Wildman–Crippen LogP) is 20.4.